The number of benzene rings is 1. The molecule has 0 bridgehead atoms. The zero-order valence-electron chi connectivity index (χ0n) is 12.5. The molecule has 7 heteroatoms. The molecule has 7 nitrogen and oxygen atoms in total. The predicted molar refractivity (Wildman–Crippen MR) is 76.8 cm³/mol. The van der Waals surface area contributed by atoms with Gasteiger partial charge < -0.3 is 24.3 Å². The van der Waals surface area contributed by atoms with Crippen LogP contribution < -0.4 is 14.8 Å². The molecule has 0 fully saturated rings. The molecule has 0 aliphatic carbocycles. The van der Waals surface area contributed by atoms with E-state index in [1.54, 1.807) is 18.2 Å². The van der Waals surface area contributed by atoms with Crippen molar-refractivity contribution in [2.45, 2.75) is 19.1 Å². The third-order valence-electron chi connectivity index (χ3n) is 3.04. The number of esters is 1. The number of carbonyl (C=O) groups excluding carboxylic acids is 2. The zero-order valence-corrected chi connectivity index (χ0v) is 12.5. The summed E-state index contributed by atoms with van der Waals surface area (Å²) in [5, 5.41) is 2.59. The number of nitrogens with one attached hydrogen (secondary N) is 1. The van der Waals surface area contributed by atoms with Crippen molar-refractivity contribution in [3.05, 3.63) is 24.3 Å². The highest BCUT2D eigenvalue weighted by Crippen LogP contribution is 2.31. The van der Waals surface area contributed by atoms with Crippen LogP contribution in [-0.2, 0) is 19.1 Å². The number of para-hydroxylation sites is 2. The van der Waals surface area contributed by atoms with Gasteiger partial charge in [0.1, 0.15) is 6.61 Å². The first-order valence-electron chi connectivity index (χ1n) is 6.97. The first kappa shape index (κ1) is 16.1. The van der Waals surface area contributed by atoms with E-state index in [1.165, 1.54) is 14.0 Å². The molecule has 0 aromatic heterocycles. The molecule has 1 heterocycles. The van der Waals surface area contributed by atoms with E-state index in [-0.39, 0.29) is 12.5 Å². The number of rotatable bonds is 6. The third kappa shape index (κ3) is 4.11. The summed E-state index contributed by atoms with van der Waals surface area (Å²) in [5.74, 6) is 0.0382. The van der Waals surface area contributed by atoms with Crippen LogP contribution in [0, 0.1) is 0 Å². The summed E-state index contributed by atoms with van der Waals surface area (Å²) in [6.45, 7) is 2.29. The maximum absolute atomic E-state index is 12.0. The Morgan fingerprint density at radius 3 is 2.82 bits per heavy atom. The molecule has 1 aliphatic heterocycles. The molecule has 1 aromatic rings. The van der Waals surface area contributed by atoms with Gasteiger partial charge in [0.05, 0.1) is 6.61 Å². The second-order valence-corrected chi connectivity index (χ2v) is 4.73. The minimum absolute atomic E-state index is 0.0495. The smallest absolute Gasteiger partial charge is 0.351 e. The molecule has 1 aliphatic rings. The van der Waals surface area contributed by atoms with Crippen LogP contribution in [0.2, 0.25) is 0 Å². The number of amides is 1. The van der Waals surface area contributed by atoms with Crippen molar-refractivity contribution >= 4 is 11.9 Å². The lowest BCUT2D eigenvalue weighted by Gasteiger charge is -2.25. The van der Waals surface area contributed by atoms with Crippen LogP contribution in [0.5, 0.6) is 11.5 Å². The minimum atomic E-state index is -0.912. The van der Waals surface area contributed by atoms with Crippen molar-refractivity contribution in [3.8, 4) is 11.5 Å². The number of carbonyl (C=O) groups is 2. The molecule has 0 saturated heterocycles. The van der Waals surface area contributed by atoms with Gasteiger partial charge in [0, 0.05) is 13.7 Å². The van der Waals surface area contributed by atoms with Crippen molar-refractivity contribution in [2.75, 3.05) is 26.9 Å². The highest BCUT2D eigenvalue weighted by atomic mass is 16.6. The fourth-order valence-corrected chi connectivity index (χ4v) is 1.86. The van der Waals surface area contributed by atoms with Crippen molar-refractivity contribution in [1.29, 1.82) is 0 Å². The predicted octanol–water partition coefficient (Wildman–Crippen LogP) is 0.521. The van der Waals surface area contributed by atoms with Crippen molar-refractivity contribution in [1.82, 2.24) is 5.32 Å². The molecule has 2 atom stereocenters. The van der Waals surface area contributed by atoms with Gasteiger partial charge in [-0.2, -0.15) is 0 Å². The number of methoxy groups -OCH3 is 1. The topological polar surface area (TPSA) is 83.1 Å². The summed E-state index contributed by atoms with van der Waals surface area (Å²) in [6, 6.07) is 7.05. The van der Waals surface area contributed by atoms with Gasteiger partial charge in [-0.3, -0.25) is 4.79 Å². The number of hydrogen-bond donors (Lipinski definition) is 1. The fourth-order valence-electron chi connectivity index (χ4n) is 1.86. The molecule has 0 spiro atoms. The summed E-state index contributed by atoms with van der Waals surface area (Å²) >= 11 is 0. The second kappa shape index (κ2) is 7.65. The maximum Gasteiger partial charge on any atom is 0.351 e. The summed E-state index contributed by atoms with van der Waals surface area (Å²) in [7, 11) is 1.54. The Labute approximate surface area is 128 Å². The van der Waals surface area contributed by atoms with Gasteiger partial charge in [0.2, 0.25) is 6.10 Å². The molecule has 22 heavy (non-hydrogen) atoms. The van der Waals surface area contributed by atoms with Gasteiger partial charge in [-0.1, -0.05) is 12.1 Å². The Balaban J connectivity index is 1.84. The van der Waals surface area contributed by atoms with Crippen LogP contribution in [0.4, 0.5) is 0 Å². The van der Waals surface area contributed by atoms with Crippen LogP contribution in [0.25, 0.3) is 0 Å². The van der Waals surface area contributed by atoms with Crippen molar-refractivity contribution in [2.24, 2.45) is 0 Å². The summed E-state index contributed by atoms with van der Waals surface area (Å²) < 4.78 is 20.9. The molecule has 1 N–H and O–H groups in total. The Bertz CT molecular complexity index is 533. The zero-order chi connectivity index (χ0) is 15.9. The van der Waals surface area contributed by atoms with Crippen LogP contribution in [0.15, 0.2) is 24.3 Å². The van der Waals surface area contributed by atoms with E-state index < -0.39 is 18.2 Å². The monoisotopic (exact) mass is 309 g/mol. The lowest BCUT2D eigenvalue weighted by Crippen LogP contribution is -2.43. The van der Waals surface area contributed by atoms with Gasteiger partial charge in [-0.15, -0.1) is 0 Å². The molecule has 1 amide bonds. The van der Waals surface area contributed by atoms with Crippen LogP contribution in [0.1, 0.15) is 6.92 Å². The average Bonchev–Trinajstić information content (AvgIpc) is 2.54. The standard InChI is InChI=1S/C15H19NO6/c1-10(14(17)16-7-8-19-2)21-15(18)13-9-20-11-5-3-4-6-12(11)22-13/h3-6,10,13H,7-9H2,1-2H3,(H,16,17)/t10-,13+/m1/s1. The highest BCUT2D eigenvalue weighted by molar-refractivity contribution is 5.84. The Morgan fingerprint density at radius 2 is 2.09 bits per heavy atom. The van der Waals surface area contributed by atoms with E-state index in [4.69, 9.17) is 18.9 Å². The fraction of sp³-hybridized carbons (Fsp3) is 0.467. The summed E-state index contributed by atoms with van der Waals surface area (Å²) in [6.07, 6.45) is -1.80. The summed E-state index contributed by atoms with van der Waals surface area (Å²) in [4.78, 5) is 23.7. The second-order valence-electron chi connectivity index (χ2n) is 4.73. The van der Waals surface area contributed by atoms with Gasteiger partial charge in [-0.05, 0) is 19.1 Å². The van der Waals surface area contributed by atoms with Crippen molar-refractivity contribution in [3.63, 3.8) is 0 Å². The molecule has 0 radical (unpaired) electrons. The average molecular weight is 309 g/mol. The minimum Gasteiger partial charge on any atom is -0.485 e. The number of ether oxygens (including phenoxy) is 4. The largest absolute Gasteiger partial charge is 0.485 e. The first-order valence-corrected chi connectivity index (χ1v) is 6.97. The molecule has 0 unspecified atom stereocenters. The molecule has 0 saturated carbocycles. The lowest BCUT2D eigenvalue weighted by atomic mass is 10.2. The highest BCUT2D eigenvalue weighted by Gasteiger charge is 2.31. The van der Waals surface area contributed by atoms with Gasteiger partial charge in [0.15, 0.2) is 17.6 Å². The van der Waals surface area contributed by atoms with E-state index in [0.717, 1.165) is 0 Å². The summed E-state index contributed by atoms with van der Waals surface area (Å²) in [5.41, 5.74) is 0. The Hall–Kier alpha value is -2.28. The molecular weight excluding hydrogens is 290 g/mol. The van der Waals surface area contributed by atoms with E-state index in [0.29, 0.717) is 24.7 Å². The number of hydrogen-bond acceptors (Lipinski definition) is 6. The van der Waals surface area contributed by atoms with Crippen LogP contribution >= 0.6 is 0 Å². The van der Waals surface area contributed by atoms with E-state index >= 15 is 0 Å². The molecule has 120 valence electrons. The Morgan fingerprint density at radius 1 is 1.36 bits per heavy atom. The Kier molecular flexibility index (Phi) is 5.60. The van der Waals surface area contributed by atoms with E-state index in [2.05, 4.69) is 5.32 Å². The first-order chi connectivity index (χ1) is 10.6. The number of fused-ring (bicyclic) bond motifs is 1. The normalized spacial score (nSPS) is 17.5. The van der Waals surface area contributed by atoms with E-state index in [9.17, 15) is 9.59 Å². The van der Waals surface area contributed by atoms with Crippen LogP contribution in [-0.4, -0.2) is 51.0 Å². The van der Waals surface area contributed by atoms with E-state index in [1.807, 2.05) is 6.07 Å². The maximum atomic E-state index is 12.0. The van der Waals surface area contributed by atoms with Gasteiger partial charge >= 0.3 is 5.97 Å². The molecular formula is C15H19NO6. The third-order valence-corrected chi connectivity index (χ3v) is 3.04. The van der Waals surface area contributed by atoms with Crippen LogP contribution in [0.3, 0.4) is 0 Å². The quantitative estimate of drug-likeness (QED) is 0.609. The van der Waals surface area contributed by atoms with Gasteiger partial charge in [0.25, 0.3) is 5.91 Å². The van der Waals surface area contributed by atoms with Gasteiger partial charge in [-0.25, -0.2) is 4.79 Å². The van der Waals surface area contributed by atoms with Crippen molar-refractivity contribution < 1.29 is 28.5 Å². The SMILES string of the molecule is COCCNC(=O)[C@@H](C)OC(=O)[C@@H]1COc2ccccc2O1. The molecule has 1 aromatic carbocycles. The molecule has 2 rings (SSSR count). The lowest BCUT2D eigenvalue weighted by molar-refractivity contribution is -0.163.